The normalized spacial score (nSPS) is 14.4. The first-order chi connectivity index (χ1) is 14.5. The molecule has 0 bridgehead atoms. The molecule has 31 heavy (non-hydrogen) atoms. The lowest BCUT2D eigenvalue weighted by Crippen LogP contribution is -2.56. The highest BCUT2D eigenvalue weighted by Crippen LogP contribution is 2.04. The molecule has 12 nitrogen and oxygen atoms in total. The van der Waals surface area contributed by atoms with Gasteiger partial charge in [-0.1, -0.05) is 30.3 Å². The van der Waals surface area contributed by atoms with Crippen molar-refractivity contribution < 1.29 is 34.2 Å². The number of nitrogens with one attached hydrogen (secondary N) is 3. The maximum absolute atomic E-state index is 12.6. The van der Waals surface area contributed by atoms with Crippen LogP contribution in [0.5, 0.6) is 0 Å². The van der Waals surface area contributed by atoms with Crippen LogP contribution in [-0.2, 0) is 30.4 Å². The van der Waals surface area contributed by atoms with Gasteiger partial charge >= 0.3 is 5.97 Å². The zero-order chi connectivity index (χ0) is 23.6. The van der Waals surface area contributed by atoms with E-state index >= 15 is 0 Å². The summed E-state index contributed by atoms with van der Waals surface area (Å²) >= 11 is 0. The van der Waals surface area contributed by atoms with E-state index < -0.39 is 66.8 Å². The summed E-state index contributed by atoms with van der Waals surface area (Å²) in [6.45, 7) is 0.719. The quantitative estimate of drug-likeness (QED) is 0.178. The van der Waals surface area contributed by atoms with Crippen LogP contribution in [-0.4, -0.2) is 70.6 Å². The highest BCUT2D eigenvalue weighted by atomic mass is 16.4. The number of benzene rings is 1. The number of aliphatic carboxylic acids is 1. The van der Waals surface area contributed by atoms with E-state index in [1.165, 1.54) is 6.92 Å². The zero-order valence-corrected chi connectivity index (χ0v) is 16.9. The van der Waals surface area contributed by atoms with Crippen LogP contribution in [0.2, 0.25) is 0 Å². The van der Waals surface area contributed by atoms with E-state index in [0.717, 1.165) is 0 Å². The van der Waals surface area contributed by atoms with Crippen molar-refractivity contribution in [1.29, 1.82) is 0 Å². The van der Waals surface area contributed by atoms with Gasteiger partial charge in [-0.2, -0.15) is 0 Å². The molecule has 0 aromatic heterocycles. The topological polar surface area (TPSA) is 214 Å². The number of aliphatic hydroxyl groups excluding tert-OH is 1. The fourth-order valence-corrected chi connectivity index (χ4v) is 2.48. The van der Waals surface area contributed by atoms with E-state index in [0.29, 0.717) is 5.56 Å². The van der Waals surface area contributed by atoms with Gasteiger partial charge in [-0.05, 0) is 12.5 Å². The minimum atomic E-state index is -1.54. The van der Waals surface area contributed by atoms with Crippen molar-refractivity contribution in [3.05, 3.63) is 35.9 Å². The Kier molecular flexibility index (Phi) is 10.1. The summed E-state index contributed by atoms with van der Waals surface area (Å²) in [5.41, 5.74) is 11.3. The minimum Gasteiger partial charge on any atom is -0.480 e. The number of carboxylic acid groups (broad SMARTS) is 1. The molecule has 0 saturated carbocycles. The smallest absolute Gasteiger partial charge is 0.326 e. The highest BCUT2D eigenvalue weighted by Gasteiger charge is 2.27. The molecular formula is C19H27N5O7. The molecule has 4 atom stereocenters. The van der Waals surface area contributed by atoms with Crippen LogP contribution >= 0.6 is 0 Å². The molecule has 0 heterocycles. The number of primary amides is 1. The van der Waals surface area contributed by atoms with Gasteiger partial charge in [0.2, 0.25) is 23.6 Å². The Morgan fingerprint density at radius 1 is 1.00 bits per heavy atom. The predicted molar refractivity (Wildman–Crippen MR) is 108 cm³/mol. The first kappa shape index (κ1) is 25.5. The molecule has 170 valence electrons. The van der Waals surface area contributed by atoms with Crippen molar-refractivity contribution in [3.63, 3.8) is 0 Å². The molecule has 4 unspecified atom stereocenters. The van der Waals surface area contributed by atoms with Crippen molar-refractivity contribution in [2.45, 2.75) is 44.0 Å². The maximum Gasteiger partial charge on any atom is 0.326 e. The third-order valence-electron chi connectivity index (χ3n) is 4.20. The van der Waals surface area contributed by atoms with E-state index in [9.17, 15) is 29.1 Å². The van der Waals surface area contributed by atoms with E-state index in [-0.39, 0.29) is 6.42 Å². The Bertz CT molecular complexity index is 800. The van der Waals surface area contributed by atoms with Crippen molar-refractivity contribution in [2.24, 2.45) is 11.5 Å². The van der Waals surface area contributed by atoms with Gasteiger partial charge in [-0.15, -0.1) is 0 Å². The van der Waals surface area contributed by atoms with Gasteiger partial charge in [0, 0.05) is 6.42 Å². The number of hydrogen-bond donors (Lipinski definition) is 7. The molecule has 1 aromatic rings. The number of carboxylic acids is 1. The number of amides is 4. The van der Waals surface area contributed by atoms with Crippen LogP contribution < -0.4 is 27.4 Å². The first-order valence-electron chi connectivity index (χ1n) is 9.37. The summed E-state index contributed by atoms with van der Waals surface area (Å²) in [7, 11) is 0. The molecule has 0 radical (unpaired) electrons. The molecule has 0 aliphatic carbocycles. The molecule has 12 heteroatoms. The second-order valence-electron chi connectivity index (χ2n) is 6.86. The standard InChI is InChI=1S/C19H27N5O7/c1-10(25)16(21)18(29)24-12(7-11-5-3-2-4-6-11)17(28)22-9-15(27)23-13(19(30)31)8-14(20)26/h2-6,10,12-13,16,25H,7-9,21H2,1H3,(H2,20,26)(H,22,28)(H,23,27)(H,24,29)(H,30,31). The molecule has 4 amide bonds. The Hall–Kier alpha value is -3.51. The monoisotopic (exact) mass is 437 g/mol. The fraction of sp³-hybridized carbons (Fsp3) is 0.421. The minimum absolute atomic E-state index is 0.0754. The van der Waals surface area contributed by atoms with Gasteiger partial charge in [0.05, 0.1) is 19.1 Å². The lowest BCUT2D eigenvalue weighted by molar-refractivity contribution is -0.143. The van der Waals surface area contributed by atoms with Gasteiger partial charge in [0.1, 0.15) is 18.1 Å². The predicted octanol–water partition coefficient (Wildman–Crippen LogP) is -3.02. The summed E-state index contributed by atoms with van der Waals surface area (Å²) in [4.78, 5) is 58.7. The van der Waals surface area contributed by atoms with E-state index in [2.05, 4.69) is 16.0 Å². The van der Waals surface area contributed by atoms with Crippen LogP contribution in [0.4, 0.5) is 0 Å². The van der Waals surface area contributed by atoms with Gasteiger partial charge in [-0.3, -0.25) is 19.2 Å². The number of nitrogens with two attached hydrogens (primary N) is 2. The summed E-state index contributed by atoms with van der Waals surface area (Å²) in [5, 5.41) is 25.3. The number of hydrogen-bond acceptors (Lipinski definition) is 7. The molecule has 9 N–H and O–H groups in total. The second-order valence-corrected chi connectivity index (χ2v) is 6.86. The van der Waals surface area contributed by atoms with E-state index in [1.54, 1.807) is 30.3 Å². The van der Waals surface area contributed by atoms with E-state index in [1.807, 2.05) is 0 Å². The van der Waals surface area contributed by atoms with E-state index in [4.69, 9.17) is 16.6 Å². The van der Waals surface area contributed by atoms with Gasteiger partial charge in [0.15, 0.2) is 0 Å². The molecule has 1 aromatic carbocycles. The van der Waals surface area contributed by atoms with Crippen LogP contribution in [0.15, 0.2) is 30.3 Å². The lowest BCUT2D eigenvalue weighted by atomic mass is 10.0. The summed E-state index contributed by atoms with van der Waals surface area (Å²) < 4.78 is 0. The number of carbonyl (C=O) groups excluding carboxylic acids is 4. The molecule has 0 aliphatic heterocycles. The molecule has 0 aliphatic rings. The van der Waals surface area contributed by atoms with Gasteiger partial charge in [-0.25, -0.2) is 4.79 Å². The Labute approximate surface area is 178 Å². The molecule has 1 rings (SSSR count). The van der Waals surface area contributed by atoms with Crippen LogP contribution in [0, 0.1) is 0 Å². The van der Waals surface area contributed by atoms with Crippen molar-refractivity contribution in [2.75, 3.05) is 6.54 Å². The fourth-order valence-electron chi connectivity index (χ4n) is 2.48. The largest absolute Gasteiger partial charge is 0.480 e. The highest BCUT2D eigenvalue weighted by molar-refractivity contribution is 5.93. The maximum atomic E-state index is 12.6. The molecular weight excluding hydrogens is 410 g/mol. The summed E-state index contributed by atoms with van der Waals surface area (Å²) in [5.74, 6) is -4.74. The summed E-state index contributed by atoms with van der Waals surface area (Å²) in [6.07, 6.45) is -1.69. The molecule has 0 fully saturated rings. The van der Waals surface area contributed by atoms with Crippen LogP contribution in [0.3, 0.4) is 0 Å². The average Bonchev–Trinajstić information content (AvgIpc) is 2.70. The number of aliphatic hydroxyl groups is 1. The summed E-state index contributed by atoms with van der Waals surface area (Å²) in [6, 6.07) is 4.80. The van der Waals surface area contributed by atoms with Crippen molar-refractivity contribution in [3.8, 4) is 0 Å². The average molecular weight is 437 g/mol. The van der Waals surface area contributed by atoms with Crippen molar-refractivity contribution in [1.82, 2.24) is 16.0 Å². The second kappa shape index (κ2) is 12.2. The van der Waals surface area contributed by atoms with Crippen molar-refractivity contribution >= 4 is 29.6 Å². The SMILES string of the molecule is CC(O)C(N)C(=O)NC(Cc1ccccc1)C(=O)NCC(=O)NC(CC(N)=O)C(=O)O. The molecule has 0 spiro atoms. The Balaban J connectivity index is 2.79. The molecule has 0 saturated heterocycles. The number of carbonyl (C=O) groups is 5. The van der Waals surface area contributed by atoms with Gasteiger partial charge in [0.25, 0.3) is 0 Å². The van der Waals surface area contributed by atoms with Gasteiger partial charge < -0.3 is 37.6 Å². The van der Waals surface area contributed by atoms with Crippen LogP contribution in [0.25, 0.3) is 0 Å². The third-order valence-corrected chi connectivity index (χ3v) is 4.20. The lowest BCUT2D eigenvalue weighted by Gasteiger charge is -2.22. The first-order valence-corrected chi connectivity index (χ1v) is 9.37. The van der Waals surface area contributed by atoms with Crippen LogP contribution in [0.1, 0.15) is 18.9 Å². The zero-order valence-electron chi connectivity index (χ0n) is 16.9. The Morgan fingerprint density at radius 3 is 2.13 bits per heavy atom. The number of rotatable bonds is 12. The Morgan fingerprint density at radius 2 is 1.61 bits per heavy atom. The third kappa shape index (κ3) is 9.23.